The van der Waals surface area contributed by atoms with Crippen LogP contribution in [0.1, 0.15) is 6.92 Å². The van der Waals surface area contributed by atoms with Gasteiger partial charge in [0.25, 0.3) is 0 Å². The van der Waals surface area contributed by atoms with Crippen molar-refractivity contribution >= 4 is 5.97 Å². The van der Waals surface area contributed by atoms with Gasteiger partial charge in [0.2, 0.25) is 0 Å². The minimum absolute atomic E-state index is 0.814. The molecular formula is C18H30O16. The number of carboxylic acids is 1. The zero-order valence-corrected chi connectivity index (χ0v) is 17.8. The number of ether oxygens (including phenoxy) is 5. The third-order valence-electron chi connectivity index (χ3n) is 6.02. The van der Waals surface area contributed by atoms with Crippen molar-refractivity contribution in [3.63, 3.8) is 0 Å². The first-order chi connectivity index (χ1) is 15.9. The van der Waals surface area contributed by atoms with Crippen LogP contribution in [0.2, 0.25) is 0 Å². The van der Waals surface area contributed by atoms with Crippen LogP contribution in [-0.4, -0.2) is 156 Å². The second kappa shape index (κ2) is 10.9. The van der Waals surface area contributed by atoms with E-state index in [0.717, 1.165) is 0 Å². The van der Waals surface area contributed by atoms with E-state index < -0.39 is 105 Å². The normalized spacial score (nSPS) is 52.4. The molecule has 0 saturated carbocycles. The third kappa shape index (κ3) is 5.20. The number of aliphatic carboxylic acids is 1. The molecule has 3 aliphatic heterocycles. The van der Waals surface area contributed by atoms with Gasteiger partial charge in [0, 0.05) is 0 Å². The summed E-state index contributed by atoms with van der Waals surface area (Å²) in [7, 11) is 0. The van der Waals surface area contributed by atoms with Crippen LogP contribution in [0.3, 0.4) is 0 Å². The molecule has 1 unspecified atom stereocenters. The van der Waals surface area contributed by atoms with Crippen LogP contribution in [-0.2, 0) is 28.5 Å². The summed E-state index contributed by atoms with van der Waals surface area (Å²) in [5, 5.41) is 99.7. The van der Waals surface area contributed by atoms with Gasteiger partial charge in [-0.25, -0.2) is 4.79 Å². The van der Waals surface area contributed by atoms with E-state index in [-0.39, 0.29) is 0 Å². The highest BCUT2D eigenvalue weighted by molar-refractivity contribution is 5.73. The van der Waals surface area contributed by atoms with Gasteiger partial charge in [0.1, 0.15) is 61.0 Å². The Morgan fingerprint density at radius 3 is 1.88 bits per heavy atom. The quantitative estimate of drug-likeness (QED) is 0.162. The maximum Gasteiger partial charge on any atom is 0.335 e. The molecule has 3 saturated heterocycles. The SMILES string of the molecule is C[C@H]1O[C@@H](O[C@H]2[C@H](O[C@H]3C(O)O[C@H](C(=O)O)[C@@H](O)[C@@H]3O)O[C@H](CO)[C@@H](O)[C@@H]2O)[C@H](O)[C@@H](O)[C@H]1O. The maximum atomic E-state index is 11.1. The van der Waals surface area contributed by atoms with E-state index in [1.54, 1.807) is 0 Å². The molecule has 15 atom stereocenters. The molecule has 0 aromatic rings. The molecule has 0 aromatic heterocycles. The van der Waals surface area contributed by atoms with Crippen LogP contribution in [0.25, 0.3) is 0 Å². The molecule has 3 fully saturated rings. The fourth-order valence-electron chi connectivity index (χ4n) is 3.95. The van der Waals surface area contributed by atoms with Crippen molar-refractivity contribution in [3.05, 3.63) is 0 Å². The number of aliphatic hydroxyl groups is 9. The van der Waals surface area contributed by atoms with E-state index in [1.165, 1.54) is 6.92 Å². The molecule has 0 aliphatic carbocycles. The molecule has 3 aliphatic rings. The first kappa shape index (κ1) is 27.5. The Morgan fingerprint density at radius 2 is 1.29 bits per heavy atom. The van der Waals surface area contributed by atoms with Crippen LogP contribution in [0.5, 0.6) is 0 Å². The monoisotopic (exact) mass is 502 g/mol. The molecule has 16 nitrogen and oxygen atoms in total. The lowest BCUT2D eigenvalue weighted by molar-refractivity contribution is -0.388. The van der Waals surface area contributed by atoms with Crippen molar-refractivity contribution in [2.24, 2.45) is 0 Å². The summed E-state index contributed by atoms with van der Waals surface area (Å²) >= 11 is 0. The van der Waals surface area contributed by atoms with E-state index in [0.29, 0.717) is 0 Å². The molecular weight excluding hydrogens is 472 g/mol. The van der Waals surface area contributed by atoms with Gasteiger partial charge in [-0.3, -0.25) is 0 Å². The van der Waals surface area contributed by atoms with Crippen molar-refractivity contribution in [2.45, 2.75) is 99.0 Å². The minimum Gasteiger partial charge on any atom is -0.479 e. The van der Waals surface area contributed by atoms with Crippen LogP contribution in [0.4, 0.5) is 0 Å². The Kier molecular flexibility index (Phi) is 8.81. The molecule has 34 heavy (non-hydrogen) atoms. The number of carbonyl (C=O) groups is 1. The fraction of sp³-hybridized carbons (Fsp3) is 0.944. The van der Waals surface area contributed by atoms with Gasteiger partial charge >= 0.3 is 5.97 Å². The van der Waals surface area contributed by atoms with E-state index in [2.05, 4.69) is 0 Å². The van der Waals surface area contributed by atoms with Gasteiger partial charge in [-0.05, 0) is 6.92 Å². The molecule has 0 aromatic carbocycles. The van der Waals surface area contributed by atoms with E-state index in [1.807, 2.05) is 0 Å². The molecule has 3 rings (SSSR count). The average Bonchev–Trinajstić information content (AvgIpc) is 2.79. The average molecular weight is 502 g/mol. The predicted octanol–water partition coefficient (Wildman–Crippen LogP) is -6.45. The molecule has 10 N–H and O–H groups in total. The van der Waals surface area contributed by atoms with Crippen LogP contribution in [0, 0.1) is 0 Å². The lowest BCUT2D eigenvalue weighted by Gasteiger charge is -2.47. The number of rotatable bonds is 6. The topological polar surface area (TPSA) is 266 Å². The smallest absolute Gasteiger partial charge is 0.335 e. The Bertz CT molecular complexity index is 695. The molecule has 0 bridgehead atoms. The van der Waals surface area contributed by atoms with Gasteiger partial charge < -0.3 is 74.7 Å². The van der Waals surface area contributed by atoms with E-state index in [9.17, 15) is 50.8 Å². The number of carboxylic acid groups (broad SMARTS) is 1. The van der Waals surface area contributed by atoms with Crippen molar-refractivity contribution in [3.8, 4) is 0 Å². The highest BCUT2D eigenvalue weighted by Gasteiger charge is 2.54. The molecule has 3 heterocycles. The van der Waals surface area contributed by atoms with Gasteiger partial charge in [-0.1, -0.05) is 0 Å². The Balaban J connectivity index is 1.82. The lowest BCUT2D eigenvalue weighted by atomic mass is 9.96. The highest BCUT2D eigenvalue weighted by Crippen LogP contribution is 2.32. The van der Waals surface area contributed by atoms with Crippen LogP contribution in [0.15, 0.2) is 0 Å². The summed E-state index contributed by atoms with van der Waals surface area (Å²) in [5.74, 6) is -1.67. The zero-order chi connectivity index (χ0) is 25.5. The summed E-state index contributed by atoms with van der Waals surface area (Å²) in [6.07, 6.45) is -26.4. The summed E-state index contributed by atoms with van der Waals surface area (Å²) in [6, 6.07) is 0. The van der Waals surface area contributed by atoms with Crippen LogP contribution >= 0.6 is 0 Å². The summed E-state index contributed by atoms with van der Waals surface area (Å²) in [6.45, 7) is 0.548. The Labute approximate surface area is 192 Å². The summed E-state index contributed by atoms with van der Waals surface area (Å²) in [4.78, 5) is 11.1. The van der Waals surface area contributed by atoms with Gasteiger partial charge in [0.05, 0.1) is 12.7 Å². The predicted molar refractivity (Wildman–Crippen MR) is 100 cm³/mol. The first-order valence-corrected chi connectivity index (χ1v) is 10.4. The number of hydrogen-bond acceptors (Lipinski definition) is 15. The number of aliphatic hydroxyl groups excluding tert-OH is 9. The molecule has 0 spiro atoms. The lowest BCUT2D eigenvalue weighted by Crippen LogP contribution is -2.66. The van der Waals surface area contributed by atoms with Gasteiger partial charge in [-0.2, -0.15) is 0 Å². The fourth-order valence-corrected chi connectivity index (χ4v) is 3.95. The van der Waals surface area contributed by atoms with Crippen LogP contribution < -0.4 is 0 Å². The Hall–Kier alpha value is -1.09. The Morgan fingerprint density at radius 1 is 0.706 bits per heavy atom. The second-order valence-electron chi connectivity index (χ2n) is 8.36. The third-order valence-corrected chi connectivity index (χ3v) is 6.02. The van der Waals surface area contributed by atoms with Crippen molar-refractivity contribution in [1.82, 2.24) is 0 Å². The molecule has 0 amide bonds. The van der Waals surface area contributed by atoms with E-state index in [4.69, 9.17) is 28.8 Å². The minimum atomic E-state index is -2.10. The molecule has 16 heteroatoms. The second-order valence-corrected chi connectivity index (χ2v) is 8.36. The van der Waals surface area contributed by atoms with Gasteiger partial charge in [-0.15, -0.1) is 0 Å². The standard InChI is InChI=1S/C18H30O16/c1-3-5(20)7(22)11(26)17(30-3)34-14-8(23)6(21)4(2-19)31-18(14)33-13-10(25)9(24)12(15(27)28)32-16(13)29/h3-14,16-26,29H,2H2,1H3,(H,27,28)/t3-,4-,5+,6-,7+,8+,9+,10+,11-,12+,13-,14-,16?,17+,18+/m1/s1. The number of hydrogen-bond donors (Lipinski definition) is 10. The van der Waals surface area contributed by atoms with E-state index >= 15 is 0 Å². The first-order valence-electron chi connectivity index (χ1n) is 10.4. The largest absolute Gasteiger partial charge is 0.479 e. The van der Waals surface area contributed by atoms with Crippen molar-refractivity contribution < 1.29 is 79.5 Å². The highest BCUT2D eigenvalue weighted by atomic mass is 16.8. The molecule has 0 radical (unpaired) electrons. The van der Waals surface area contributed by atoms with Gasteiger partial charge in [0.15, 0.2) is 25.0 Å². The maximum absolute atomic E-state index is 11.1. The van der Waals surface area contributed by atoms with Crippen molar-refractivity contribution in [1.29, 1.82) is 0 Å². The van der Waals surface area contributed by atoms with Crippen molar-refractivity contribution in [2.75, 3.05) is 6.61 Å². The summed E-state index contributed by atoms with van der Waals surface area (Å²) < 4.78 is 26.3. The summed E-state index contributed by atoms with van der Waals surface area (Å²) in [5.41, 5.74) is 0. The molecule has 198 valence electrons. The zero-order valence-electron chi connectivity index (χ0n) is 17.8.